The van der Waals surface area contributed by atoms with Gasteiger partial charge in [0, 0.05) is 33.9 Å². The Bertz CT molecular complexity index is 1100. The summed E-state index contributed by atoms with van der Waals surface area (Å²) in [5, 5.41) is 10.8. The molecule has 0 radical (unpaired) electrons. The maximum atomic E-state index is 6.14. The summed E-state index contributed by atoms with van der Waals surface area (Å²) in [5.74, 6) is 1.46. The van der Waals surface area contributed by atoms with Crippen molar-refractivity contribution in [3.63, 3.8) is 0 Å². The fourth-order valence-electron chi connectivity index (χ4n) is 2.65. The standard InChI is InChI=1S/C20H13BrCl2N4S/c21-15-2-4-16(5-3-15)27-19(14-7-9-24-10-8-14)25-26-20(27)28-12-13-1-6-17(22)18(23)11-13/h1-11H,12H2. The Labute approximate surface area is 185 Å². The summed E-state index contributed by atoms with van der Waals surface area (Å²) in [6, 6.07) is 17.5. The zero-order valence-corrected chi connectivity index (χ0v) is 18.3. The summed E-state index contributed by atoms with van der Waals surface area (Å²) in [6.07, 6.45) is 3.50. The third-order valence-electron chi connectivity index (χ3n) is 4.01. The summed E-state index contributed by atoms with van der Waals surface area (Å²) in [6.45, 7) is 0. The Balaban J connectivity index is 1.71. The second-order valence-corrected chi connectivity index (χ2v) is 8.56. The van der Waals surface area contributed by atoms with Crippen molar-refractivity contribution in [3.05, 3.63) is 87.1 Å². The van der Waals surface area contributed by atoms with Gasteiger partial charge in [0.1, 0.15) is 0 Å². The lowest BCUT2D eigenvalue weighted by molar-refractivity contribution is 0.885. The summed E-state index contributed by atoms with van der Waals surface area (Å²) < 4.78 is 3.06. The summed E-state index contributed by atoms with van der Waals surface area (Å²) >= 11 is 17.2. The Morgan fingerprint density at radius 3 is 2.36 bits per heavy atom. The van der Waals surface area contributed by atoms with Crippen molar-refractivity contribution >= 4 is 50.9 Å². The molecule has 0 aliphatic rings. The smallest absolute Gasteiger partial charge is 0.196 e. The topological polar surface area (TPSA) is 43.6 Å². The van der Waals surface area contributed by atoms with E-state index in [0.29, 0.717) is 15.8 Å². The molecule has 2 aromatic carbocycles. The molecule has 4 aromatic rings. The van der Waals surface area contributed by atoms with Crippen LogP contribution in [0.5, 0.6) is 0 Å². The van der Waals surface area contributed by atoms with E-state index in [-0.39, 0.29) is 0 Å². The van der Waals surface area contributed by atoms with Crippen molar-refractivity contribution in [1.82, 2.24) is 19.7 Å². The van der Waals surface area contributed by atoms with Crippen LogP contribution in [-0.2, 0) is 5.75 Å². The number of aromatic nitrogens is 4. The summed E-state index contributed by atoms with van der Waals surface area (Å²) in [5.41, 5.74) is 3.00. The normalized spacial score (nSPS) is 11.0. The molecule has 2 heterocycles. The van der Waals surface area contributed by atoms with Crippen molar-refractivity contribution in [2.45, 2.75) is 10.9 Å². The molecule has 0 atom stereocenters. The fraction of sp³-hybridized carbons (Fsp3) is 0.0500. The van der Waals surface area contributed by atoms with E-state index < -0.39 is 0 Å². The van der Waals surface area contributed by atoms with E-state index in [0.717, 1.165) is 32.3 Å². The lowest BCUT2D eigenvalue weighted by Crippen LogP contribution is -1.99. The molecule has 0 bridgehead atoms. The van der Waals surface area contributed by atoms with Gasteiger partial charge in [-0.05, 0) is 54.1 Å². The number of pyridine rings is 1. The van der Waals surface area contributed by atoms with Gasteiger partial charge in [0.25, 0.3) is 0 Å². The van der Waals surface area contributed by atoms with Gasteiger partial charge in [0.15, 0.2) is 11.0 Å². The van der Waals surface area contributed by atoms with Gasteiger partial charge < -0.3 is 0 Å². The van der Waals surface area contributed by atoms with Crippen LogP contribution >= 0.6 is 50.9 Å². The Morgan fingerprint density at radius 1 is 0.893 bits per heavy atom. The third-order valence-corrected chi connectivity index (χ3v) is 6.28. The highest BCUT2D eigenvalue weighted by Gasteiger charge is 2.16. The Kier molecular flexibility index (Phi) is 6.01. The van der Waals surface area contributed by atoms with Crippen molar-refractivity contribution in [3.8, 4) is 17.1 Å². The van der Waals surface area contributed by atoms with E-state index in [1.165, 1.54) is 0 Å². The molecule has 28 heavy (non-hydrogen) atoms. The maximum absolute atomic E-state index is 6.14. The molecule has 0 saturated carbocycles. The molecule has 4 rings (SSSR count). The molecule has 8 heteroatoms. The van der Waals surface area contributed by atoms with E-state index >= 15 is 0 Å². The largest absolute Gasteiger partial charge is 0.270 e. The minimum atomic E-state index is 0.548. The highest BCUT2D eigenvalue weighted by Crippen LogP contribution is 2.31. The molecule has 0 N–H and O–H groups in total. The predicted molar refractivity (Wildman–Crippen MR) is 118 cm³/mol. The molecular formula is C20H13BrCl2N4S. The van der Waals surface area contributed by atoms with Crippen molar-refractivity contribution < 1.29 is 0 Å². The number of halogens is 3. The minimum Gasteiger partial charge on any atom is -0.270 e. The second kappa shape index (κ2) is 8.66. The van der Waals surface area contributed by atoms with Crippen LogP contribution in [0.15, 0.2) is 76.6 Å². The average molecular weight is 492 g/mol. The molecule has 140 valence electrons. The fourth-order valence-corrected chi connectivity index (χ4v) is 4.13. The zero-order chi connectivity index (χ0) is 19.5. The predicted octanol–water partition coefficient (Wildman–Crippen LogP) is 6.69. The molecule has 0 spiro atoms. The third kappa shape index (κ3) is 4.25. The van der Waals surface area contributed by atoms with Gasteiger partial charge in [-0.2, -0.15) is 0 Å². The second-order valence-electron chi connectivity index (χ2n) is 5.89. The Morgan fingerprint density at radius 2 is 1.64 bits per heavy atom. The van der Waals surface area contributed by atoms with E-state index in [2.05, 4.69) is 31.1 Å². The van der Waals surface area contributed by atoms with E-state index in [9.17, 15) is 0 Å². The van der Waals surface area contributed by atoms with E-state index in [1.807, 2.05) is 59.2 Å². The molecule has 0 fully saturated rings. The lowest BCUT2D eigenvalue weighted by atomic mass is 10.2. The number of rotatable bonds is 5. The number of hydrogen-bond donors (Lipinski definition) is 0. The number of benzene rings is 2. The van der Waals surface area contributed by atoms with E-state index in [1.54, 1.807) is 24.2 Å². The molecule has 4 nitrogen and oxygen atoms in total. The van der Waals surface area contributed by atoms with Gasteiger partial charge in [0.05, 0.1) is 10.0 Å². The van der Waals surface area contributed by atoms with Crippen LogP contribution in [-0.4, -0.2) is 19.7 Å². The monoisotopic (exact) mass is 490 g/mol. The molecule has 2 aromatic heterocycles. The first-order chi connectivity index (χ1) is 13.6. The number of nitrogens with zero attached hydrogens (tertiary/aromatic N) is 4. The van der Waals surface area contributed by atoms with Crippen LogP contribution in [0.1, 0.15) is 5.56 Å². The molecule has 0 saturated heterocycles. The quantitative estimate of drug-likeness (QED) is 0.291. The summed E-state index contributed by atoms with van der Waals surface area (Å²) in [4.78, 5) is 4.09. The highest BCUT2D eigenvalue weighted by atomic mass is 79.9. The van der Waals surface area contributed by atoms with Crippen LogP contribution < -0.4 is 0 Å². The van der Waals surface area contributed by atoms with Gasteiger partial charge in [-0.3, -0.25) is 9.55 Å². The van der Waals surface area contributed by atoms with Crippen molar-refractivity contribution in [2.75, 3.05) is 0 Å². The lowest BCUT2D eigenvalue weighted by Gasteiger charge is -2.11. The highest BCUT2D eigenvalue weighted by molar-refractivity contribution is 9.10. The van der Waals surface area contributed by atoms with Gasteiger partial charge in [-0.25, -0.2) is 0 Å². The van der Waals surface area contributed by atoms with Crippen LogP contribution in [0.2, 0.25) is 10.0 Å². The summed E-state index contributed by atoms with van der Waals surface area (Å²) in [7, 11) is 0. The van der Waals surface area contributed by atoms with E-state index in [4.69, 9.17) is 23.2 Å². The minimum absolute atomic E-state index is 0.548. The SMILES string of the molecule is Clc1ccc(CSc2nnc(-c3ccncc3)n2-c2ccc(Br)cc2)cc1Cl. The first kappa shape index (κ1) is 19.5. The van der Waals surface area contributed by atoms with Crippen molar-refractivity contribution in [2.24, 2.45) is 0 Å². The molecular weight excluding hydrogens is 479 g/mol. The molecule has 0 amide bonds. The zero-order valence-electron chi connectivity index (χ0n) is 14.4. The first-order valence-electron chi connectivity index (χ1n) is 8.30. The van der Waals surface area contributed by atoms with Gasteiger partial charge >= 0.3 is 0 Å². The Hall–Kier alpha value is -1.86. The van der Waals surface area contributed by atoms with Crippen LogP contribution in [0.25, 0.3) is 17.1 Å². The van der Waals surface area contributed by atoms with Gasteiger partial charge in [0.2, 0.25) is 0 Å². The first-order valence-corrected chi connectivity index (χ1v) is 10.8. The molecule has 0 aliphatic carbocycles. The van der Waals surface area contributed by atoms with Crippen molar-refractivity contribution in [1.29, 1.82) is 0 Å². The van der Waals surface area contributed by atoms with Crippen LogP contribution in [0, 0.1) is 0 Å². The van der Waals surface area contributed by atoms with Gasteiger partial charge in [-0.1, -0.05) is 57.0 Å². The van der Waals surface area contributed by atoms with Crippen LogP contribution in [0.3, 0.4) is 0 Å². The number of hydrogen-bond acceptors (Lipinski definition) is 4. The molecule has 0 unspecified atom stereocenters. The number of thioether (sulfide) groups is 1. The average Bonchev–Trinajstić information content (AvgIpc) is 3.14. The molecule has 0 aliphatic heterocycles. The maximum Gasteiger partial charge on any atom is 0.196 e. The van der Waals surface area contributed by atoms with Gasteiger partial charge in [-0.15, -0.1) is 10.2 Å². The van der Waals surface area contributed by atoms with Crippen LogP contribution in [0.4, 0.5) is 0 Å².